The predicted octanol–water partition coefficient (Wildman–Crippen LogP) is 4.83. The molecule has 0 radical (unpaired) electrons. The lowest BCUT2D eigenvalue weighted by Crippen LogP contribution is -2.37. The first-order valence-corrected chi connectivity index (χ1v) is 11.0. The molecule has 0 atom stereocenters. The minimum Gasteiger partial charge on any atom is -0.371 e. The SMILES string of the molecule is Cc1cc2c(N3CCN(C)c4cc(C5CC5)ncc43)cc(C(C)C)cc2n(C)c1=O. The average Bonchev–Trinajstić information content (AvgIpc) is 3.57. The highest BCUT2D eigenvalue weighted by Gasteiger charge is 2.29. The third kappa shape index (κ3) is 2.99. The molecular weight excluding hydrogens is 372 g/mol. The normalized spacial score (nSPS) is 16.5. The van der Waals surface area contributed by atoms with Crippen LogP contribution in [-0.2, 0) is 7.05 Å². The second kappa shape index (κ2) is 6.86. The number of rotatable bonds is 3. The molecular formula is C25H30N4O. The molecule has 5 heteroatoms. The second-order valence-electron chi connectivity index (χ2n) is 9.26. The van der Waals surface area contributed by atoms with Crippen molar-refractivity contribution in [1.82, 2.24) is 9.55 Å². The van der Waals surface area contributed by atoms with Crippen LogP contribution in [0.15, 0.2) is 35.3 Å². The molecule has 2 aliphatic rings. The van der Waals surface area contributed by atoms with Gasteiger partial charge in [0.1, 0.15) is 0 Å². The number of likely N-dealkylation sites (N-methyl/N-ethyl adjacent to an activating group) is 1. The van der Waals surface area contributed by atoms with E-state index in [0.29, 0.717) is 11.8 Å². The van der Waals surface area contributed by atoms with Crippen molar-refractivity contribution in [3.63, 3.8) is 0 Å². The third-order valence-electron chi connectivity index (χ3n) is 6.72. The van der Waals surface area contributed by atoms with Crippen molar-refractivity contribution in [1.29, 1.82) is 0 Å². The van der Waals surface area contributed by atoms with E-state index >= 15 is 0 Å². The fourth-order valence-electron chi connectivity index (χ4n) is 4.59. The zero-order valence-corrected chi connectivity index (χ0v) is 18.6. The van der Waals surface area contributed by atoms with Crippen molar-refractivity contribution in [2.75, 3.05) is 29.9 Å². The molecule has 0 unspecified atom stereocenters. The molecule has 1 aromatic carbocycles. The van der Waals surface area contributed by atoms with Crippen LogP contribution < -0.4 is 15.4 Å². The van der Waals surface area contributed by atoms with E-state index in [4.69, 9.17) is 4.98 Å². The van der Waals surface area contributed by atoms with Gasteiger partial charge >= 0.3 is 0 Å². The van der Waals surface area contributed by atoms with Gasteiger partial charge in [0.05, 0.1) is 28.8 Å². The summed E-state index contributed by atoms with van der Waals surface area (Å²) in [4.78, 5) is 22.2. The maximum Gasteiger partial charge on any atom is 0.253 e. The summed E-state index contributed by atoms with van der Waals surface area (Å²) in [5.74, 6) is 1.02. The Hall–Kier alpha value is -2.82. The molecule has 0 N–H and O–H groups in total. The van der Waals surface area contributed by atoms with Gasteiger partial charge in [-0.2, -0.15) is 0 Å². The number of hydrogen-bond donors (Lipinski definition) is 0. The molecule has 3 aromatic rings. The van der Waals surface area contributed by atoms with Gasteiger partial charge in [0, 0.05) is 49.7 Å². The minimum atomic E-state index is 0.0730. The zero-order valence-electron chi connectivity index (χ0n) is 18.6. The van der Waals surface area contributed by atoms with E-state index in [9.17, 15) is 4.79 Å². The Kier molecular flexibility index (Phi) is 4.38. The summed E-state index contributed by atoms with van der Waals surface area (Å²) in [6.45, 7) is 8.17. The standard InChI is InChI=1S/C25H30N4O/c1-15(2)18-11-21-19(10-16(3)25(30)28(21)5)22(12-18)29-9-8-27(4)23-13-20(17-6-7-17)26-14-24(23)29/h10-15,17H,6-9H2,1-5H3. The van der Waals surface area contributed by atoms with E-state index in [1.54, 1.807) is 4.57 Å². The maximum absolute atomic E-state index is 12.6. The fourth-order valence-corrected chi connectivity index (χ4v) is 4.59. The number of aromatic nitrogens is 2. The van der Waals surface area contributed by atoms with Crippen molar-refractivity contribution < 1.29 is 0 Å². The Morgan fingerprint density at radius 2 is 1.77 bits per heavy atom. The molecule has 30 heavy (non-hydrogen) atoms. The van der Waals surface area contributed by atoms with E-state index in [1.807, 2.05) is 14.0 Å². The van der Waals surface area contributed by atoms with Gasteiger partial charge < -0.3 is 14.4 Å². The summed E-state index contributed by atoms with van der Waals surface area (Å²) >= 11 is 0. The van der Waals surface area contributed by atoms with E-state index in [0.717, 1.165) is 35.2 Å². The highest BCUT2D eigenvalue weighted by atomic mass is 16.1. The summed E-state index contributed by atoms with van der Waals surface area (Å²) < 4.78 is 1.80. The van der Waals surface area contributed by atoms with Crippen LogP contribution in [0.4, 0.5) is 17.1 Å². The van der Waals surface area contributed by atoms with Crippen LogP contribution in [0.5, 0.6) is 0 Å². The summed E-state index contributed by atoms with van der Waals surface area (Å²) in [7, 11) is 4.05. The van der Waals surface area contributed by atoms with E-state index in [1.165, 1.54) is 35.5 Å². The first-order chi connectivity index (χ1) is 14.3. The topological polar surface area (TPSA) is 41.4 Å². The summed E-state index contributed by atoms with van der Waals surface area (Å²) in [6, 6.07) is 8.83. The molecule has 5 nitrogen and oxygen atoms in total. The van der Waals surface area contributed by atoms with Crippen LogP contribution in [-0.4, -0.2) is 29.7 Å². The lowest BCUT2D eigenvalue weighted by molar-refractivity contribution is 0.810. The number of nitrogens with zero attached hydrogens (tertiary/aromatic N) is 4. The molecule has 1 fully saturated rings. The first-order valence-electron chi connectivity index (χ1n) is 11.0. The summed E-state index contributed by atoms with van der Waals surface area (Å²) in [6.07, 6.45) is 4.57. The predicted molar refractivity (Wildman–Crippen MR) is 125 cm³/mol. The van der Waals surface area contributed by atoms with Crippen LogP contribution in [0.1, 0.15) is 55.3 Å². The van der Waals surface area contributed by atoms with E-state index in [-0.39, 0.29) is 5.56 Å². The molecule has 3 heterocycles. The second-order valence-corrected chi connectivity index (χ2v) is 9.26. The van der Waals surface area contributed by atoms with Crippen molar-refractivity contribution in [2.24, 2.45) is 7.05 Å². The quantitative estimate of drug-likeness (QED) is 0.629. The zero-order chi connectivity index (χ0) is 21.2. The fraction of sp³-hybridized carbons (Fsp3) is 0.440. The average molecular weight is 403 g/mol. The highest BCUT2D eigenvalue weighted by molar-refractivity contribution is 5.97. The molecule has 1 saturated carbocycles. The first kappa shape index (κ1) is 19.2. The third-order valence-corrected chi connectivity index (χ3v) is 6.72. The number of fused-ring (bicyclic) bond motifs is 2. The molecule has 1 aliphatic heterocycles. The number of anilines is 3. The van der Waals surface area contributed by atoms with Gasteiger partial charge in [-0.25, -0.2) is 0 Å². The van der Waals surface area contributed by atoms with Crippen LogP contribution in [0.25, 0.3) is 10.9 Å². The number of pyridine rings is 2. The van der Waals surface area contributed by atoms with Crippen molar-refractivity contribution >= 4 is 28.0 Å². The van der Waals surface area contributed by atoms with Crippen LogP contribution in [0, 0.1) is 6.92 Å². The van der Waals surface area contributed by atoms with Gasteiger partial charge in [-0.15, -0.1) is 0 Å². The molecule has 1 aliphatic carbocycles. The highest BCUT2D eigenvalue weighted by Crippen LogP contribution is 2.45. The van der Waals surface area contributed by atoms with Gasteiger partial charge in [0.25, 0.3) is 5.56 Å². The number of benzene rings is 1. The lowest BCUT2D eigenvalue weighted by atomic mass is 9.98. The Labute approximate surface area is 178 Å². The molecule has 2 aromatic heterocycles. The van der Waals surface area contributed by atoms with E-state index < -0.39 is 0 Å². The smallest absolute Gasteiger partial charge is 0.253 e. The van der Waals surface area contributed by atoms with Crippen molar-refractivity contribution in [3.05, 3.63) is 57.6 Å². The van der Waals surface area contributed by atoms with Gasteiger partial charge in [-0.3, -0.25) is 9.78 Å². The largest absolute Gasteiger partial charge is 0.371 e. The Bertz CT molecular complexity index is 1210. The molecule has 5 rings (SSSR count). The molecule has 0 bridgehead atoms. The lowest BCUT2D eigenvalue weighted by Gasteiger charge is -2.38. The van der Waals surface area contributed by atoms with Gasteiger partial charge in [0.15, 0.2) is 0 Å². The number of aryl methyl sites for hydroxylation is 2. The molecule has 0 amide bonds. The monoisotopic (exact) mass is 402 g/mol. The summed E-state index contributed by atoms with van der Waals surface area (Å²) in [5.41, 5.74) is 7.90. The van der Waals surface area contributed by atoms with Crippen LogP contribution in [0.2, 0.25) is 0 Å². The Balaban J connectivity index is 1.75. The van der Waals surface area contributed by atoms with Crippen LogP contribution >= 0.6 is 0 Å². The number of hydrogen-bond acceptors (Lipinski definition) is 4. The van der Waals surface area contributed by atoms with Crippen LogP contribution in [0.3, 0.4) is 0 Å². The summed E-state index contributed by atoms with van der Waals surface area (Å²) in [5, 5.41) is 1.13. The Morgan fingerprint density at radius 3 is 2.47 bits per heavy atom. The van der Waals surface area contributed by atoms with Gasteiger partial charge in [-0.05, 0) is 55.5 Å². The Morgan fingerprint density at radius 1 is 1.00 bits per heavy atom. The van der Waals surface area contributed by atoms with Gasteiger partial charge in [0.2, 0.25) is 0 Å². The molecule has 156 valence electrons. The molecule has 0 spiro atoms. The molecule has 0 saturated heterocycles. The van der Waals surface area contributed by atoms with Gasteiger partial charge in [-0.1, -0.05) is 13.8 Å². The van der Waals surface area contributed by atoms with Crippen molar-refractivity contribution in [2.45, 2.75) is 45.4 Å². The minimum absolute atomic E-state index is 0.0730. The maximum atomic E-state index is 12.6. The van der Waals surface area contributed by atoms with E-state index in [2.05, 4.69) is 61.2 Å². The van der Waals surface area contributed by atoms with Crippen molar-refractivity contribution in [3.8, 4) is 0 Å².